The van der Waals surface area contributed by atoms with Gasteiger partial charge in [0.25, 0.3) is 0 Å². The third-order valence-electron chi connectivity index (χ3n) is 4.16. The van der Waals surface area contributed by atoms with E-state index in [0.717, 1.165) is 26.0 Å². The molecule has 1 aliphatic heterocycles. The summed E-state index contributed by atoms with van der Waals surface area (Å²) in [4.78, 5) is 0. The summed E-state index contributed by atoms with van der Waals surface area (Å²) < 4.78 is 18.8. The first-order valence-corrected chi connectivity index (χ1v) is 7.11. The van der Waals surface area contributed by atoms with Crippen molar-refractivity contribution in [3.05, 3.63) is 35.6 Å². The van der Waals surface area contributed by atoms with Gasteiger partial charge in [-0.15, -0.1) is 0 Å². The van der Waals surface area contributed by atoms with E-state index in [0.29, 0.717) is 6.04 Å². The largest absolute Gasteiger partial charge is 0.378 e. The smallest absolute Gasteiger partial charge is 0.123 e. The number of rotatable bonds is 5. The molecule has 1 heterocycles. The van der Waals surface area contributed by atoms with Crippen molar-refractivity contribution in [2.45, 2.75) is 45.8 Å². The summed E-state index contributed by atoms with van der Waals surface area (Å²) in [5.74, 6) is -0.172. The third-order valence-corrected chi connectivity index (χ3v) is 4.16. The first-order chi connectivity index (χ1) is 9.02. The van der Waals surface area contributed by atoms with Crippen molar-refractivity contribution < 1.29 is 9.13 Å². The molecule has 1 aromatic carbocycles. The predicted octanol–water partition coefficient (Wildman–Crippen LogP) is 3.16. The lowest BCUT2D eigenvalue weighted by atomic mass is 9.76. The predicted molar refractivity (Wildman–Crippen MR) is 75.7 cm³/mol. The molecule has 1 aromatic rings. The Kier molecular flexibility index (Phi) is 4.58. The number of hydrogen-bond donors (Lipinski definition) is 1. The van der Waals surface area contributed by atoms with Crippen molar-refractivity contribution in [1.82, 2.24) is 5.32 Å². The van der Waals surface area contributed by atoms with Gasteiger partial charge < -0.3 is 10.1 Å². The molecule has 2 nitrogen and oxygen atoms in total. The Bertz CT molecular complexity index is 404. The van der Waals surface area contributed by atoms with Crippen LogP contribution >= 0.6 is 0 Å². The monoisotopic (exact) mass is 265 g/mol. The second-order valence-electron chi connectivity index (χ2n) is 5.96. The average Bonchev–Trinajstić information content (AvgIpc) is 2.72. The molecule has 0 spiro atoms. The molecule has 1 fully saturated rings. The molecule has 1 saturated heterocycles. The first kappa shape index (κ1) is 14.5. The Morgan fingerprint density at radius 1 is 1.37 bits per heavy atom. The average molecular weight is 265 g/mol. The van der Waals surface area contributed by atoms with E-state index in [9.17, 15) is 4.39 Å². The number of nitrogens with one attached hydrogen (secondary N) is 1. The molecule has 0 aliphatic carbocycles. The zero-order valence-corrected chi connectivity index (χ0v) is 12.1. The highest BCUT2D eigenvalue weighted by Gasteiger charge is 2.41. The normalized spacial score (nSPS) is 27.1. The fraction of sp³-hybridized carbons (Fsp3) is 0.625. The van der Waals surface area contributed by atoms with Gasteiger partial charge in [0.1, 0.15) is 5.82 Å². The zero-order chi connectivity index (χ0) is 13.9. The molecule has 0 bridgehead atoms. The maximum Gasteiger partial charge on any atom is 0.123 e. The van der Waals surface area contributed by atoms with Crippen LogP contribution in [0.25, 0.3) is 0 Å². The van der Waals surface area contributed by atoms with Gasteiger partial charge in [0, 0.05) is 24.6 Å². The first-order valence-electron chi connectivity index (χ1n) is 7.11. The highest BCUT2D eigenvalue weighted by molar-refractivity contribution is 5.19. The van der Waals surface area contributed by atoms with Crippen LogP contribution in [-0.4, -0.2) is 25.3 Å². The number of ether oxygens (including phenoxy) is 1. The molecule has 19 heavy (non-hydrogen) atoms. The van der Waals surface area contributed by atoms with Crippen molar-refractivity contribution >= 4 is 0 Å². The fourth-order valence-corrected chi connectivity index (χ4v) is 2.76. The summed E-state index contributed by atoms with van der Waals surface area (Å²) in [5, 5.41) is 3.54. The van der Waals surface area contributed by atoms with Gasteiger partial charge in [0.2, 0.25) is 0 Å². The lowest BCUT2D eigenvalue weighted by Crippen LogP contribution is -2.43. The molecule has 1 aliphatic rings. The Morgan fingerprint density at radius 3 is 2.58 bits per heavy atom. The summed E-state index contributed by atoms with van der Waals surface area (Å²) >= 11 is 0. The van der Waals surface area contributed by atoms with Gasteiger partial charge in [-0.2, -0.15) is 0 Å². The van der Waals surface area contributed by atoms with Gasteiger partial charge >= 0.3 is 0 Å². The van der Waals surface area contributed by atoms with Crippen LogP contribution in [-0.2, 0) is 11.2 Å². The molecule has 2 unspecified atom stereocenters. The van der Waals surface area contributed by atoms with E-state index in [4.69, 9.17) is 4.74 Å². The topological polar surface area (TPSA) is 21.3 Å². The SMILES string of the molecule is CC(C)NCC1(Cc2ccc(F)cc2)CCOC1C. The Labute approximate surface area is 115 Å². The van der Waals surface area contributed by atoms with Crippen molar-refractivity contribution in [3.8, 4) is 0 Å². The Morgan fingerprint density at radius 2 is 2.05 bits per heavy atom. The van der Waals surface area contributed by atoms with Gasteiger partial charge in [-0.1, -0.05) is 26.0 Å². The number of benzene rings is 1. The Balaban J connectivity index is 2.11. The summed E-state index contributed by atoms with van der Waals surface area (Å²) in [6.45, 7) is 8.24. The van der Waals surface area contributed by atoms with Crippen molar-refractivity contribution in [2.24, 2.45) is 5.41 Å². The van der Waals surface area contributed by atoms with Gasteiger partial charge in [0.15, 0.2) is 0 Å². The number of halogens is 1. The van der Waals surface area contributed by atoms with Crippen molar-refractivity contribution in [1.29, 1.82) is 0 Å². The number of hydrogen-bond acceptors (Lipinski definition) is 2. The van der Waals surface area contributed by atoms with Crippen LogP contribution < -0.4 is 5.32 Å². The molecular formula is C16H24FNO. The van der Waals surface area contributed by atoms with E-state index < -0.39 is 0 Å². The Hall–Kier alpha value is -0.930. The van der Waals surface area contributed by atoms with Crippen LogP contribution in [0, 0.1) is 11.2 Å². The van der Waals surface area contributed by atoms with E-state index >= 15 is 0 Å². The molecule has 0 radical (unpaired) electrons. The van der Waals surface area contributed by atoms with Gasteiger partial charge in [-0.25, -0.2) is 4.39 Å². The van der Waals surface area contributed by atoms with E-state index in [1.165, 1.54) is 5.56 Å². The summed E-state index contributed by atoms with van der Waals surface area (Å²) in [7, 11) is 0. The molecule has 2 rings (SSSR count). The maximum absolute atomic E-state index is 13.0. The van der Waals surface area contributed by atoms with Gasteiger partial charge in [-0.3, -0.25) is 0 Å². The summed E-state index contributed by atoms with van der Waals surface area (Å²) in [6, 6.07) is 7.33. The molecule has 0 aromatic heterocycles. The van der Waals surface area contributed by atoms with Gasteiger partial charge in [0.05, 0.1) is 6.10 Å². The highest BCUT2D eigenvalue weighted by atomic mass is 19.1. The quantitative estimate of drug-likeness (QED) is 0.883. The van der Waals surface area contributed by atoms with Crippen LogP contribution in [0.5, 0.6) is 0 Å². The van der Waals surface area contributed by atoms with E-state index in [2.05, 4.69) is 26.1 Å². The second kappa shape index (κ2) is 6.02. The standard InChI is InChI=1S/C16H24FNO/c1-12(2)18-11-16(8-9-19-13(16)3)10-14-4-6-15(17)7-5-14/h4-7,12-13,18H,8-11H2,1-3H3. The molecule has 106 valence electrons. The van der Waals surface area contributed by atoms with E-state index in [-0.39, 0.29) is 17.3 Å². The van der Waals surface area contributed by atoms with Crippen LogP contribution in [0.3, 0.4) is 0 Å². The minimum Gasteiger partial charge on any atom is -0.378 e. The minimum atomic E-state index is -0.172. The van der Waals surface area contributed by atoms with Gasteiger partial charge in [-0.05, 0) is 37.5 Å². The van der Waals surface area contributed by atoms with Crippen LogP contribution in [0.4, 0.5) is 4.39 Å². The van der Waals surface area contributed by atoms with E-state index in [1.54, 1.807) is 12.1 Å². The third kappa shape index (κ3) is 3.54. The lowest BCUT2D eigenvalue weighted by Gasteiger charge is -2.33. The van der Waals surface area contributed by atoms with Crippen molar-refractivity contribution in [2.75, 3.05) is 13.2 Å². The van der Waals surface area contributed by atoms with Crippen LogP contribution in [0.2, 0.25) is 0 Å². The molecule has 0 amide bonds. The van der Waals surface area contributed by atoms with Crippen molar-refractivity contribution in [3.63, 3.8) is 0 Å². The highest BCUT2D eigenvalue weighted by Crippen LogP contribution is 2.37. The van der Waals surface area contributed by atoms with E-state index in [1.807, 2.05) is 12.1 Å². The van der Waals surface area contributed by atoms with Crippen LogP contribution in [0.1, 0.15) is 32.8 Å². The molecule has 1 N–H and O–H groups in total. The summed E-state index contributed by atoms with van der Waals surface area (Å²) in [5.41, 5.74) is 1.31. The lowest BCUT2D eigenvalue weighted by molar-refractivity contribution is 0.0620. The summed E-state index contributed by atoms with van der Waals surface area (Å²) in [6.07, 6.45) is 2.24. The minimum absolute atomic E-state index is 0.127. The molecule has 0 saturated carbocycles. The fourth-order valence-electron chi connectivity index (χ4n) is 2.76. The van der Waals surface area contributed by atoms with Crippen LogP contribution in [0.15, 0.2) is 24.3 Å². The maximum atomic E-state index is 13.0. The molecule has 2 atom stereocenters. The zero-order valence-electron chi connectivity index (χ0n) is 12.1. The molecule has 3 heteroatoms. The second-order valence-corrected chi connectivity index (χ2v) is 5.96. The molecular weight excluding hydrogens is 241 g/mol.